The SMILES string of the molecule is COCCN1CCCC2(CCN(C(=O)c3ncc(Cl)cn3)CC2)C1=O. The van der Waals surface area contributed by atoms with E-state index < -0.39 is 0 Å². The van der Waals surface area contributed by atoms with Gasteiger partial charge in [-0.2, -0.15) is 0 Å². The topological polar surface area (TPSA) is 75.6 Å². The first-order valence-corrected chi connectivity index (χ1v) is 8.99. The molecule has 0 unspecified atom stereocenters. The van der Waals surface area contributed by atoms with E-state index >= 15 is 0 Å². The van der Waals surface area contributed by atoms with Crippen LogP contribution in [0.3, 0.4) is 0 Å². The number of hydrogen-bond donors (Lipinski definition) is 0. The molecule has 0 aromatic carbocycles. The van der Waals surface area contributed by atoms with Crippen LogP contribution in [0.25, 0.3) is 0 Å². The minimum atomic E-state index is -0.330. The van der Waals surface area contributed by atoms with Crippen molar-refractivity contribution in [3.8, 4) is 0 Å². The zero-order chi connectivity index (χ0) is 17.9. The van der Waals surface area contributed by atoms with E-state index in [0.29, 0.717) is 44.1 Å². The maximum atomic E-state index is 12.9. The van der Waals surface area contributed by atoms with Gasteiger partial charge in [0.1, 0.15) is 0 Å². The first kappa shape index (κ1) is 18.1. The Morgan fingerprint density at radius 2 is 1.92 bits per heavy atom. The first-order chi connectivity index (χ1) is 12.1. The lowest BCUT2D eigenvalue weighted by atomic mass is 9.71. The summed E-state index contributed by atoms with van der Waals surface area (Å²) in [5, 5.41) is 0.401. The molecule has 2 fully saturated rings. The van der Waals surface area contributed by atoms with Gasteiger partial charge in [-0.05, 0) is 25.7 Å². The summed E-state index contributed by atoms with van der Waals surface area (Å²) in [4.78, 5) is 37.1. The number of methoxy groups -OCH3 is 1. The van der Waals surface area contributed by atoms with E-state index in [9.17, 15) is 9.59 Å². The number of nitrogens with zero attached hydrogens (tertiary/aromatic N) is 4. The van der Waals surface area contributed by atoms with Gasteiger partial charge in [0.05, 0.1) is 17.0 Å². The Morgan fingerprint density at radius 3 is 2.56 bits per heavy atom. The van der Waals surface area contributed by atoms with Gasteiger partial charge < -0.3 is 14.5 Å². The number of halogens is 1. The van der Waals surface area contributed by atoms with Crippen LogP contribution in [0.5, 0.6) is 0 Å². The van der Waals surface area contributed by atoms with Crippen molar-refractivity contribution in [3.63, 3.8) is 0 Å². The quantitative estimate of drug-likeness (QED) is 0.809. The summed E-state index contributed by atoms with van der Waals surface area (Å²) >= 11 is 5.76. The highest BCUT2D eigenvalue weighted by Gasteiger charge is 2.46. The van der Waals surface area contributed by atoms with Crippen molar-refractivity contribution in [2.24, 2.45) is 5.41 Å². The number of likely N-dealkylation sites (tertiary alicyclic amines) is 2. The number of hydrogen-bond acceptors (Lipinski definition) is 5. The van der Waals surface area contributed by atoms with E-state index in [1.807, 2.05) is 4.90 Å². The molecule has 3 heterocycles. The van der Waals surface area contributed by atoms with Crippen molar-refractivity contribution >= 4 is 23.4 Å². The third kappa shape index (κ3) is 3.77. The molecule has 1 spiro atoms. The smallest absolute Gasteiger partial charge is 0.291 e. The zero-order valence-corrected chi connectivity index (χ0v) is 15.2. The molecular formula is C17H23ClN4O3. The fraction of sp³-hybridized carbons (Fsp3) is 0.647. The van der Waals surface area contributed by atoms with Crippen LogP contribution in [0, 0.1) is 5.41 Å². The van der Waals surface area contributed by atoms with Gasteiger partial charge in [-0.25, -0.2) is 9.97 Å². The zero-order valence-electron chi connectivity index (χ0n) is 14.4. The predicted octanol–water partition coefficient (Wildman–Crippen LogP) is 1.62. The highest BCUT2D eigenvalue weighted by atomic mass is 35.5. The summed E-state index contributed by atoms with van der Waals surface area (Å²) in [6.07, 6.45) is 6.12. The van der Waals surface area contributed by atoms with E-state index in [2.05, 4.69) is 9.97 Å². The van der Waals surface area contributed by atoms with Crippen LogP contribution in [0.15, 0.2) is 12.4 Å². The molecule has 3 rings (SSSR count). The highest BCUT2D eigenvalue weighted by molar-refractivity contribution is 6.30. The number of aromatic nitrogens is 2. The first-order valence-electron chi connectivity index (χ1n) is 8.61. The van der Waals surface area contributed by atoms with Crippen LogP contribution in [-0.2, 0) is 9.53 Å². The Bertz CT molecular complexity index is 629. The van der Waals surface area contributed by atoms with Gasteiger partial charge in [0.2, 0.25) is 11.7 Å². The van der Waals surface area contributed by atoms with Crippen LogP contribution < -0.4 is 0 Å². The molecule has 2 amide bonds. The van der Waals surface area contributed by atoms with Crippen LogP contribution in [-0.4, -0.2) is 71.5 Å². The van der Waals surface area contributed by atoms with Crippen molar-refractivity contribution in [3.05, 3.63) is 23.2 Å². The van der Waals surface area contributed by atoms with Crippen LogP contribution >= 0.6 is 11.6 Å². The Morgan fingerprint density at radius 1 is 1.24 bits per heavy atom. The second kappa shape index (κ2) is 7.66. The lowest BCUT2D eigenvalue weighted by Gasteiger charge is -2.46. The molecule has 2 saturated heterocycles. The molecule has 0 bridgehead atoms. The van der Waals surface area contributed by atoms with Crippen LogP contribution in [0.4, 0.5) is 0 Å². The summed E-state index contributed by atoms with van der Waals surface area (Å²) in [6, 6.07) is 0. The molecule has 0 aliphatic carbocycles. The van der Waals surface area contributed by atoms with E-state index in [-0.39, 0.29) is 23.1 Å². The number of carbonyl (C=O) groups excluding carboxylic acids is 2. The molecule has 0 atom stereocenters. The third-order valence-corrected chi connectivity index (χ3v) is 5.40. The van der Waals surface area contributed by atoms with Gasteiger partial charge in [0, 0.05) is 45.7 Å². The molecule has 7 nitrogen and oxygen atoms in total. The van der Waals surface area contributed by atoms with E-state index in [0.717, 1.165) is 19.4 Å². The predicted molar refractivity (Wildman–Crippen MR) is 92.3 cm³/mol. The summed E-state index contributed by atoms with van der Waals surface area (Å²) in [5.74, 6) is 0.161. The van der Waals surface area contributed by atoms with E-state index in [1.54, 1.807) is 12.0 Å². The normalized spacial score (nSPS) is 20.2. The third-order valence-electron chi connectivity index (χ3n) is 5.21. The fourth-order valence-electron chi connectivity index (χ4n) is 3.73. The number of carbonyl (C=O) groups is 2. The highest BCUT2D eigenvalue weighted by Crippen LogP contribution is 2.41. The maximum Gasteiger partial charge on any atom is 0.291 e. The van der Waals surface area contributed by atoms with Crippen LogP contribution in [0.1, 0.15) is 36.3 Å². The molecule has 25 heavy (non-hydrogen) atoms. The van der Waals surface area contributed by atoms with Gasteiger partial charge in [0.25, 0.3) is 5.91 Å². The summed E-state index contributed by atoms with van der Waals surface area (Å²) in [5.41, 5.74) is -0.330. The summed E-state index contributed by atoms with van der Waals surface area (Å²) in [6.45, 7) is 3.09. The van der Waals surface area contributed by atoms with Gasteiger partial charge in [0.15, 0.2) is 0 Å². The molecule has 1 aromatic rings. The van der Waals surface area contributed by atoms with Gasteiger partial charge in [-0.1, -0.05) is 11.6 Å². The summed E-state index contributed by atoms with van der Waals surface area (Å²) < 4.78 is 5.10. The molecule has 0 N–H and O–H groups in total. The largest absolute Gasteiger partial charge is 0.383 e. The fourth-order valence-corrected chi connectivity index (χ4v) is 3.83. The average molecular weight is 367 g/mol. The van der Waals surface area contributed by atoms with Gasteiger partial charge in [-0.15, -0.1) is 0 Å². The number of rotatable bonds is 4. The Hall–Kier alpha value is -1.73. The lowest BCUT2D eigenvalue weighted by Crippen LogP contribution is -2.55. The second-order valence-corrected chi connectivity index (χ2v) is 7.12. The standard InChI is InChI=1S/C17H23ClN4O3/c1-25-10-9-22-6-2-3-17(16(22)24)4-7-21(8-5-17)15(23)14-19-11-13(18)12-20-14/h11-12H,2-10H2,1H3. The summed E-state index contributed by atoms with van der Waals surface area (Å²) in [7, 11) is 1.65. The Labute approximate surface area is 152 Å². The minimum Gasteiger partial charge on any atom is -0.383 e. The molecule has 136 valence electrons. The monoisotopic (exact) mass is 366 g/mol. The minimum absolute atomic E-state index is 0.150. The maximum absolute atomic E-state index is 12.9. The van der Waals surface area contributed by atoms with Gasteiger partial charge in [-0.3, -0.25) is 9.59 Å². The van der Waals surface area contributed by atoms with Crippen molar-refractivity contribution < 1.29 is 14.3 Å². The molecule has 2 aliphatic heterocycles. The molecule has 0 radical (unpaired) electrons. The Balaban J connectivity index is 1.63. The number of piperidine rings is 2. The van der Waals surface area contributed by atoms with Crippen molar-refractivity contribution in [2.45, 2.75) is 25.7 Å². The van der Waals surface area contributed by atoms with E-state index in [1.165, 1.54) is 12.4 Å². The lowest BCUT2D eigenvalue weighted by molar-refractivity contribution is -0.150. The molecule has 0 saturated carbocycles. The molecular weight excluding hydrogens is 344 g/mol. The Kier molecular flexibility index (Phi) is 5.54. The molecule has 2 aliphatic rings. The van der Waals surface area contributed by atoms with Crippen LogP contribution in [0.2, 0.25) is 5.02 Å². The van der Waals surface area contributed by atoms with Crippen molar-refractivity contribution in [2.75, 3.05) is 39.9 Å². The van der Waals surface area contributed by atoms with Crippen molar-refractivity contribution in [1.29, 1.82) is 0 Å². The molecule has 1 aromatic heterocycles. The molecule has 8 heteroatoms. The van der Waals surface area contributed by atoms with Crippen molar-refractivity contribution in [1.82, 2.24) is 19.8 Å². The average Bonchev–Trinajstić information content (AvgIpc) is 2.64. The second-order valence-electron chi connectivity index (χ2n) is 6.69. The van der Waals surface area contributed by atoms with E-state index in [4.69, 9.17) is 16.3 Å². The van der Waals surface area contributed by atoms with Gasteiger partial charge >= 0.3 is 0 Å². The number of amides is 2. The number of ether oxygens (including phenoxy) is 1.